The molecule has 0 amide bonds. The zero-order chi connectivity index (χ0) is 12.1. The SMILES string of the molecule is Cc1ccc(Cl)cc1NCC(CO)C(C)C. The maximum absolute atomic E-state index is 9.23. The Labute approximate surface area is 103 Å². The number of hydrogen-bond acceptors (Lipinski definition) is 2. The fraction of sp³-hybridized carbons (Fsp3) is 0.538. The van der Waals surface area contributed by atoms with E-state index in [1.54, 1.807) is 0 Å². The Morgan fingerprint density at radius 3 is 2.62 bits per heavy atom. The molecule has 1 unspecified atom stereocenters. The van der Waals surface area contributed by atoms with Gasteiger partial charge in [0.15, 0.2) is 0 Å². The lowest BCUT2D eigenvalue weighted by Crippen LogP contribution is -2.23. The van der Waals surface area contributed by atoms with Gasteiger partial charge in [0.2, 0.25) is 0 Å². The number of benzene rings is 1. The number of hydrogen-bond donors (Lipinski definition) is 2. The zero-order valence-corrected chi connectivity index (χ0v) is 10.9. The highest BCUT2D eigenvalue weighted by molar-refractivity contribution is 6.30. The van der Waals surface area contributed by atoms with E-state index in [0.717, 1.165) is 17.3 Å². The van der Waals surface area contributed by atoms with E-state index >= 15 is 0 Å². The minimum absolute atomic E-state index is 0.213. The minimum Gasteiger partial charge on any atom is -0.396 e. The Hall–Kier alpha value is -0.730. The number of aliphatic hydroxyl groups excluding tert-OH is 1. The first-order valence-electron chi connectivity index (χ1n) is 5.65. The molecule has 0 heterocycles. The molecule has 3 heteroatoms. The number of halogens is 1. The first-order chi connectivity index (χ1) is 7.54. The molecule has 0 aliphatic heterocycles. The second kappa shape index (κ2) is 6.12. The van der Waals surface area contributed by atoms with Crippen LogP contribution >= 0.6 is 11.6 Å². The van der Waals surface area contributed by atoms with Gasteiger partial charge in [-0.1, -0.05) is 31.5 Å². The highest BCUT2D eigenvalue weighted by Gasteiger charge is 2.12. The van der Waals surface area contributed by atoms with E-state index in [4.69, 9.17) is 11.6 Å². The molecule has 16 heavy (non-hydrogen) atoms. The average Bonchev–Trinajstić information content (AvgIpc) is 2.23. The van der Waals surface area contributed by atoms with Gasteiger partial charge in [0.25, 0.3) is 0 Å². The summed E-state index contributed by atoms with van der Waals surface area (Å²) >= 11 is 5.94. The van der Waals surface area contributed by atoms with Crippen molar-refractivity contribution in [3.63, 3.8) is 0 Å². The van der Waals surface area contributed by atoms with Crippen LogP contribution in [0.2, 0.25) is 5.02 Å². The first kappa shape index (κ1) is 13.3. The van der Waals surface area contributed by atoms with Gasteiger partial charge in [-0.05, 0) is 30.5 Å². The summed E-state index contributed by atoms with van der Waals surface area (Å²) in [6.07, 6.45) is 0. The molecular formula is C13H20ClNO. The van der Waals surface area contributed by atoms with Gasteiger partial charge in [0.05, 0.1) is 0 Å². The van der Waals surface area contributed by atoms with Gasteiger partial charge >= 0.3 is 0 Å². The summed E-state index contributed by atoms with van der Waals surface area (Å²) in [7, 11) is 0. The van der Waals surface area contributed by atoms with Crippen LogP contribution in [-0.4, -0.2) is 18.3 Å². The van der Waals surface area contributed by atoms with Crippen LogP contribution < -0.4 is 5.32 Å². The van der Waals surface area contributed by atoms with E-state index in [1.165, 1.54) is 5.56 Å². The van der Waals surface area contributed by atoms with Gasteiger partial charge in [-0.15, -0.1) is 0 Å². The number of aryl methyl sites for hydroxylation is 1. The van der Waals surface area contributed by atoms with Crippen molar-refractivity contribution in [2.75, 3.05) is 18.5 Å². The van der Waals surface area contributed by atoms with Crippen molar-refractivity contribution in [2.45, 2.75) is 20.8 Å². The molecule has 0 aliphatic rings. The molecule has 0 saturated carbocycles. The summed E-state index contributed by atoms with van der Waals surface area (Å²) in [6.45, 7) is 7.27. The third-order valence-corrected chi connectivity index (χ3v) is 3.17. The Balaban J connectivity index is 2.63. The predicted molar refractivity (Wildman–Crippen MR) is 70.1 cm³/mol. The fourth-order valence-electron chi connectivity index (χ4n) is 1.54. The standard InChI is InChI=1S/C13H20ClNO/c1-9(2)11(8-16)7-15-13-6-12(14)5-4-10(13)3/h4-6,9,11,15-16H,7-8H2,1-3H3. The predicted octanol–water partition coefficient (Wildman–Crippen LogP) is 3.32. The normalized spacial score (nSPS) is 12.9. The van der Waals surface area contributed by atoms with Crippen LogP contribution in [0.15, 0.2) is 18.2 Å². The lowest BCUT2D eigenvalue weighted by atomic mass is 9.96. The van der Waals surface area contributed by atoms with E-state index in [2.05, 4.69) is 19.2 Å². The van der Waals surface area contributed by atoms with Crippen molar-refractivity contribution in [1.82, 2.24) is 0 Å². The van der Waals surface area contributed by atoms with E-state index in [-0.39, 0.29) is 12.5 Å². The molecule has 0 radical (unpaired) electrons. The van der Waals surface area contributed by atoms with Crippen LogP contribution in [0.1, 0.15) is 19.4 Å². The average molecular weight is 242 g/mol. The summed E-state index contributed by atoms with van der Waals surface area (Å²) in [5.74, 6) is 0.746. The van der Waals surface area contributed by atoms with Gasteiger partial charge in [-0.2, -0.15) is 0 Å². The Morgan fingerprint density at radius 1 is 1.38 bits per heavy atom. The summed E-state index contributed by atoms with van der Waals surface area (Å²) < 4.78 is 0. The van der Waals surface area contributed by atoms with Crippen molar-refractivity contribution < 1.29 is 5.11 Å². The molecule has 0 bridgehead atoms. The van der Waals surface area contributed by atoms with Gasteiger partial charge in [-0.25, -0.2) is 0 Å². The van der Waals surface area contributed by atoms with Gasteiger partial charge in [0.1, 0.15) is 0 Å². The van der Waals surface area contributed by atoms with Gasteiger partial charge in [-0.3, -0.25) is 0 Å². The quantitative estimate of drug-likeness (QED) is 0.829. The van der Waals surface area contributed by atoms with Crippen LogP contribution in [0.5, 0.6) is 0 Å². The van der Waals surface area contributed by atoms with E-state index in [0.29, 0.717) is 5.92 Å². The van der Waals surface area contributed by atoms with Crippen molar-refractivity contribution in [2.24, 2.45) is 11.8 Å². The lowest BCUT2D eigenvalue weighted by molar-refractivity contribution is 0.198. The van der Waals surface area contributed by atoms with Crippen LogP contribution in [0.3, 0.4) is 0 Å². The largest absolute Gasteiger partial charge is 0.396 e. The molecule has 0 saturated heterocycles. The molecule has 90 valence electrons. The Bertz CT molecular complexity index is 339. The lowest BCUT2D eigenvalue weighted by Gasteiger charge is -2.20. The zero-order valence-electron chi connectivity index (χ0n) is 10.1. The maximum Gasteiger partial charge on any atom is 0.0478 e. The van der Waals surface area contributed by atoms with Gasteiger partial charge in [0, 0.05) is 29.8 Å². The van der Waals surface area contributed by atoms with E-state index in [9.17, 15) is 5.11 Å². The van der Waals surface area contributed by atoms with Crippen molar-refractivity contribution in [1.29, 1.82) is 0 Å². The number of rotatable bonds is 5. The van der Waals surface area contributed by atoms with Crippen LogP contribution in [0.25, 0.3) is 0 Å². The van der Waals surface area contributed by atoms with Crippen molar-refractivity contribution >= 4 is 17.3 Å². The summed E-state index contributed by atoms with van der Waals surface area (Å²) in [6, 6.07) is 5.80. The molecule has 1 atom stereocenters. The van der Waals surface area contributed by atoms with Crippen molar-refractivity contribution in [3.05, 3.63) is 28.8 Å². The number of aliphatic hydroxyl groups is 1. The maximum atomic E-state index is 9.23. The van der Waals surface area contributed by atoms with Crippen LogP contribution in [0.4, 0.5) is 5.69 Å². The third-order valence-electron chi connectivity index (χ3n) is 2.93. The Morgan fingerprint density at radius 2 is 2.06 bits per heavy atom. The summed E-state index contributed by atoms with van der Waals surface area (Å²) in [5, 5.41) is 13.3. The number of anilines is 1. The van der Waals surface area contributed by atoms with Crippen LogP contribution in [0, 0.1) is 18.8 Å². The molecule has 0 aromatic heterocycles. The Kier molecular flexibility index (Phi) is 5.10. The second-order valence-electron chi connectivity index (χ2n) is 4.53. The van der Waals surface area contributed by atoms with E-state index in [1.807, 2.05) is 25.1 Å². The van der Waals surface area contributed by atoms with E-state index < -0.39 is 0 Å². The minimum atomic E-state index is 0.213. The topological polar surface area (TPSA) is 32.3 Å². The summed E-state index contributed by atoms with van der Waals surface area (Å²) in [5.41, 5.74) is 2.22. The van der Waals surface area contributed by atoms with Crippen molar-refractivity contribution in [3.8, 4) is 0 Å². The highest BCUT2D eigenvalue weighted by atomic mass is 35.5. The third kappa shape index (κ3) is 3.69. The second-order valence-corrected chi connectivity index (χ2v) is 4.96. The molecule has 1 aromatic carbocycles. The van der Waals surface area contributed by atoms with Gasteiger partial charge < -0.3 is 10.4 Å². The molecule has 0 fully saturated rings. The molecule has 2 N–H and O–H groups in total. The fourth-order valence-corrected chi connectivity index (χ4v) is 1.71. The number of nitrogens with one attached hydrogen (secondary N) is 1. The molecular weight excluding hydrogens is 222 g/mol. The van der Waals surface area contributed by atoms with Crippen LogP contribution in [-0.2, 0) is 0 Å². The molecule has 0 spiro atoms. The monoisotopic (exact) mass is 241 g/mol. The highest BCUT2D eigenvalue weighted by Crippen LogP contribution is 2.21. The smallest absolute Gasteiger partial charge is 0.0478 e. The molecule has 2 nitrogen and oxygen atoms in total. The molecule has 1 aromatic rings. The molecule has 0 aliphatic carbocycles. The molecule has 1 rings (SSSR count). The first-order valence-corrected chi connectivity index (χ1v) is 6.03. The summed E-state index contributed by atoms with van der Waals surface area (Å²) in [4.78, 5) is 0.